The Morgan fingerprint density at radius 1 is 0.679 bits per heavy atom. The van der Waals surface area contributed by atoms with Gasteiger partial charge in [0.25, 0.3) is 7.82 Å². The van der Waals surface area contributed by atoms with Crippen LogP contribution in [0.1, 0.15) is 168 Å². The molecule has 0 spiro atoms. The number of amides is 1. The van der Waals surface area contributed by atoms with E-state index < -0.39 is 44.7 Å². The van der Waals surface area contributed by atoms with Gasteiger partial charge in [0.1, 0.15) is 13.2 Å². The fourth-order valence-corrected chi connectivity index (χ4v) is 6.74. The largest absolute Gasteiger partial charge is 0.756 e. The molecule has 0 aromatic heterocycles. The van der Waals surface area contributed by atoms with Crippen LogP contribution in [0.4, 0.5) is 0 Å². The summed E-state index contributed by atoms with van der Waals surface area (Å²) < 4.78 is 23.1. The van der Waals surface area contributed by atoms with Crippen molar-refractivity contribution in [1.29, 1.82) is 0 Å². The number of phosphoric ester groups is 1. The van der Waals surface area contributed by atoms with E-state index in [1.807, 2.05) is 39.4 Å². The second-order valence-electron chi connectivity index (χ2n) is 16.4. The van der Waals surface area contributed by atoms with Gasteiger partial charge in [-0.2, -0.15) is 0 Å². The Balaban J connectivity index is 4.71. The number of carbonyl (C=O) groups is 1. The van der Waals surface area contributed by atoms with E-state index in [9.17, 15) is 29.6 Å². The van der Waals surface area contributed by atoms with E-state index in [1.165, 1.54) is 89.9 Å². The Morgan fingerprint density at radius 3 is 1.77 bits per heavy atom. The number of nitrogens with zero attached hydrogens (tertiary/aromatic N) is 1. The van der Waals surface area contributed by atoms with Crippen LogP contribution in [0.25, 0.3) is 0 Å². The van der Waals surface area contributed by atoms with Crippen molar-refractivity contribution in [2.45, 2.75) is 192 Å². The lowest BCUT2D eigenvalue weighted by molar-refractivity contribution is -0.870. The SMILES string of the molecule is CCCCC/C=C\C/C=C\C/C=C\CC(O)C(O)CCCC(=O)N[C@@H](COP(=O)([O-])OCC[N+](C)(C)C)[C@H](O)/C=C/CCCCCCCCCCCCCCC. The number of carbonyl (C=O) groups excluding carboxylic acids is 1. The third-order valence-electron chi connectivity index (χ3n) is 9.73. The fourth-order valence-electron chi connectivity index (χ4n) is 6.02. The van der Waals surface area contributed by atoms with Crippen LogP contribution in [0.15, 0.2) is 48.6 Å². The predicted octanol–water partition coefficient (Wildman–Crippen LogP) is 9.39. The predicted molar refractivity (Wildman–Crippen MR) is 231 cm³/mol. The number of hydrogen-bond donors (Lipinski definition) is 4. The van der Waals surface area contributed by atoms with Crippen LogP contribution in [0.2, 0.25) is 0 Å². The highest BCUT2D eigenvalue weighted by Crippen LogP contribution is 2.38. The monoisotopic (exact) mass is 813 g/mol. The summed E-state index contributed by atoms with van der Waals surface area (Å²) in [5.74, 6) is -0.418. The third kappa shape index (κ3) is 36.7. The molecule has 0 radical (unpaired) electrons. The summed E-state index contributed by atoms with van der Waals surface area (Å²) in [6.45, 7) is 4.36. The zero-order valence-corrected chi connectivity index (χ0v) is 37.2. The number of phosphoric acid groups is 1. The zero-order chi connectivity index (χ0) is 41.8. The van der Waals surface area contributed by atoms with Crippen molar-refractivity contribution in [3.8, 4) is 0 Å². The average molecular weight is 813 g/mol. The van der Waals surface area contributed by atoms with E-state index >= 15 is 0 Å². The van der Waals surface area contributed by atoms with Gasteiger partial charge in [-0.1, -0.05) is 152 Å². The number of nitrogens with one attached hydrogen (secondary N) is 1. The van der Waals surface area contributed by atoms with E-state index in [0.29, 0.717) is 23.9 Å². The van der Waals surface area contributed by atoms with Crippen molar-refractivity contribution >= 4 is 13.7 Å². The molecule has 0 aromatic carbocycles. The number of aliphatic hydroxyl groups excluding tert-OH is 3. The van der Waals surface area contributed by atoms with Crippen LogP contribution in [-0.2, 0) is 18.4 Å². The van der Waals surface area contributed by atoms with Gasteiger partial charge in [-0.15, -0.1) is 0 Å². The van der Waals surface area contributed by atoms with Crippen molar-refractivity contribution in [3.63, 3.8) is 0 Å². The van der Waals surface area contributed by atoms with Gasteiger partial charge in [-0.3, -0.25) is 9.36 Å². The molecule has 0 aliphatic carbocycles. The summed E-state index contributed by atoms with van der Waals surface area (Å²) in [5, 5.41) is 34.5. The van der Waals surface area contributed by atoms with Gasteiger partial charge in [-0.25, -0.2) is 0 Å². The van der Waals surface area contributed by atoms with E-state index in [0.717, 1.165) is 38.5 Å². The molecule has 0 rings (SSSR count). The van der Waals surface area contributed by atoms with Crippen molar-refractivity contribution in [2.24, 2.45) is 0 Å². The van der Waals surface area contributed by atoms with Crippen LogP contribution in [-0.4, -0.2) is 91.0 Å². The van der Waals surface area contributed by atoms with Crippen molar-refractivity contribution in [1.82, 2.24) is 5.32 Å². The molecule has 11 heteroatoms. The highest BCUT2D eigenvalue weighted by Gasteiger charge is 2.23. The molecule has 0 heterocycles. The minimum Gasteiger partial charge on any atom is -0.756 e. The molecule has 3 unspecified atom stereocenters. The second-order valence-corrected chi connectivity index (χ2v) is 17.8. The first-order chi connectivity index (χ1) is 26.8. The summed E-state index contributed by atoms with van der Waals surface area (Å²) in [6.07, 6.45) is 37.4. The molecule has 0 aromatic rings. The molecular formula is C45H85N2O8P. The topological polar surface area (TPSA) is 148 Å². The van der Waals surface area contributed by atoms with E-state index in [-0.39, 0.29) is 19.4 Å². The quantitative estimate of drug-likeness (QED) is 0.0208. The Bertz CT molecular complexity index is 1090. The third-order valence-corrected chi connectivity index (χ3v) is 10.7. The Labute approximate surface area is 343 Å². The van der Waals surface area contributed by atoms with Gasteiger partial charge >= 0.3 is 0 Å². The lowest BCUT2D eigenvalue weighted by atomic mass is 10.0. The molecule has 10 nitrogen and oxygen atoms in total. The van der Waals surface area contributed by atoms with E-state index in [4.69, 9.17) is 9.05 Å². The summed E-state index contributed by atoms with van der Waals surface area (Å²) in [4.78, 5) is 25.3. The molecule has 0 aliphatic heterocycles. The Hall–Kier alpha value is -1.62. The summed E-state index contributed by atoms with van der Waals surface area (Å²) in [6, 6.07) is -1.02. The van der Waals surface area contributed by atoms with Gasteiger partial charge < -0.3 is 39.1 Å². The van der Waals surface area contributed by atoms with Gasteiger partial charge in [-0.05, 0) is 57.8 Å². The zero-order valence-electron chi connectivity index (χ0n) is 36.3. The molecule has 1 amide bonds. The molecule has 0 saturated carbocycles. The van der Waals surface area contributed by atoms with Crippen LogP contribution in [0.3, 0.4) is 0 Å². The van der Waals surface area contributed by atoms with Crippen LogP contribution < -0.4 is 10.2 Å². The van der Waals surface area contributed by atoms with Crippen molar-refractivity contribution < 1.29 is 43.1 Å². The number of unbranched alkanes of at least 4 members (excludes halogenated alkanes) is 16. The molecule has 4 N–H and O–H groups in total. The molecule has 5 atom stereocenters. The van der Waals surface area contributed by atoms with Gasteiger partial charge in [0.15, 0.2) is 0 Å². The Kier molecular flexibility index (Phi) is 35.4. The van der Waals surface area contributed by atoms with Crippen LogP contribution in [0.5, 0.6) is 0 Å². The first-order valence-corrected chi connectivity index (χ1v) is 23.6. The number of rotatable bonds is 39. The van der Waals surface area contributed by atoms with Crippen LogP contribution >= 0.6 is 7.82 Å². The highest BCUT2D eigenvalue weighted by atomic mass is 31.2. The average Bonchev–Trinajstić information content (AvgIpc) is 3.14. The molecule has 56 heavy (non-hydrogen) atoms. The van der Waals surface area contributed by atoms with Crippen molar-refractivity contribution in [3.05, 3.63) is 48.6 Å². The number of aliphatic hydroxyl groups is 3. The molecule has 0 fully saturated rings. The van der Waals surface area contributed by atoms with Crippen LogP contribution in [0, 0.1) is 0 Å². The summed E-state index contributed by atoms with van der Waals surface area (Å²) >= 11 is 0. The normalized spacial score (nSPS) is 15.9. The highest BCUT2D eigenvalue weighted by molar-refractivity contribution is 7.45. The maximum atomic E-state index is 12.9. The molecule has 328 valence electrons. The lowest BCUT2D eigenvalue weighted by Gasteiger charge is -2.29. The van der Waals surface area contributed by atoms with E-state index in [1.54, 1.807) is 6.08 Å². The number of hydrogen-bond acceptors (Lipinski definition) is 8. The maximum Gasteiger partial charge on any atom is 0.268 e. The van der Waals surface area contributed by atoms with E-state index in [2.05, 4.69) is 43.5 Å². The minimum absolute atomic E-state index is 0.0262. The lowest BCUT2D eigenvalue weighted by Crippen LogP contribution is -2.46. The van der Waals surface area contributed by atoms with Crippen molar-refractivity contribution in [2.75, 3.05) is 40.9 Å². The number of quaternary nitrogens is 1. The number of allylic oxidation sites excluding steroid dienone is 6. The smallest absolute Gasteiger partial charge is 0.268 e. The molecule has 0 aliphatic rings. The second kappa shape index (κ2) is 36.5. The fraction of sp³-hybridized carbons (Fsp3) is 0.800. The molecular weight excluding hydrogens is 727 g/mol. The first-order valence-electron chi connectivity index (χ1n) is 22.2. The molecule has 0 bridgehead atoms. The number of likely N-dealkylation sites (N-methyl/N-ethyl adjacent to an activating group) is 1. The van der Waals surface area contributed by atoms with Gasteiger partial charge in [0.2, 0.25) is 5.91 Å². The molecule has 0 saturated heterocycles. The standard InChI is InChI=1S/C45H85N2O8P/c1-6-8-10-12-14-16-18-20-21-22-24-25-27-29-31-34-42(48)41(40-55-56(52,53)54-39-38-47(3,4)5)46-45(51)37-33-36-44(50)43(49)35-32-30-28-26-23-19-17-15-13-11-9-7-2/h15,17,23,26,30-32,34,41-44,48-50H,6-14,16,18-22,24-25,27-29,33,35-40H2,1-5H3,(H-,46,51,52,53)/b17-15-,26-23-,32-30-,34-31+/t41-,42+,43?,44?/m0/s1. The summed E-state index contributed by atoms with van der Waals surface area (Å²) in [7, 11) is 1.08. The maximum absolute atomic E-state index is 12.9. The van der Waals surface area contributed by atoms with Gasteiger partial charge in [0, 0.05) is 6.42 Å². The first kappa shape index (κ1) is 54.4. The van der Waals surface area contributed by atoms with Gasteiger partial charge in [0.05, 0.1) is 52.1 Å². The Morgan fingerprint density at radius 2 is 1.18 bits per heavy atom. The minimum atomic E-state index is -4.67. The summed E-state index contributed by atoms with van der Waals surface area (Å²) in [5.41, 5.74) is 0.